The molecule has 0 radical (unpaired) electrons. The Labute approximate surface area is 146 Å². The van der Waals surface area contributed by atoms with Gasteiger partial charge in [-0.25, -0.2) is 13.1 Å². The molecule has 1 heterocycles. The number of rotatable bonds is 7. The molecule has 0 saturated carbocycles. The van der Waals surface area contributed by atoms with Crippen LogP contribution in [0.4, 0.5) is 5.69 Å². The number of halogens is 1. The van der Waals surface area contributed by atoms with E-state index in [0.717, 1.165) is 17.4 Å². The summed E-state index contributed by atoms with van der Waals surface area (Å²) >= 11 is 6.84. The minimum atomic E-state index is -3.90. The molecule has 24 heavy (non-hydrogen) atoms. The van der Waals surface area contributed by atoms with Gasteiger partial charge in [-0.2, -0.15) is 0 Å². The fourth-order valence-electron chi connectivity index (χ4n) is 1.73. The lowest BCUT2D eigenvalue weighted by atomic mass is 10.3. The lowest BCUT2D eigenvalue weighted by Gasteiger charge is -2.07. The minimum Gasteiger partial charge on any atom is -0.350 e. The van der Waals surface area contributed by atoms with Crippen LogP contribution in [0.3, 0.4) is 0 Å². The first kappa shape index (κ1) is 18.3. The number of benzene rings is 1. The van der Waals surface area contributed by atoms with Gasteiger partial charge in [0, 0.05) is 25.2 Å². The second-order valence-corrected chi connectivity index (χ2v) is 7.99. The van der Waals surface area contributed by atoms with Crippen molar-refractivity contribution in [3.8, 4) is 0 Å². The Morgan fingerprint density at radius 2 is 2.00 bits per heavy atom. The van der Waals surface area contributed by atoms with Crippen molar-refractivity contribution in [2.75, 3.05) is 13.1 Å². The molecule has 0 unspecified atom stereocenters. The highest BCUT2D eigenvalue weighted by molar-refractivity contribution is 7.89. The standard InChI is InChI=1S/C13H12ClN3O5S2/c14-12-5-4-11(23-12)13(18)15-6-7-16-24(21,22)10-3-1-2-9(8-10)17(19)20/h1-5,8,16H,6-7H2,(H,15,18). The van der Waals surface area contributed by atoms with Crippen molar-refractivity contribution in [3.05, 3.63) is 55.7 Å². The topological polar surface area (TPSA) is 118 Å². The third-order valence-corrected chi connectivity index (χ3v) is 5.53. The first-order valence-electron chi connectivity index (χ1n) is 6.57. The predicted molar refractivity (Wildman–Crippen MR) is 89.9 cm³/mol. The molecule has 1 aromatic carbocycles. The summed E-state index contributed by atoms with van der Waals surface area (Å²) in [6.45, 7) is -0.00161. The molecule has 2 aromatic rings. The van der Waals surface area contributed by atoms with Crippen LogP contribution >= 0.6 is 22.9 Å². The Hall–Kier alpha value is -2.01. The van der Waals surface area contributed by atoms with Gasteiger partial charge in [-0.1, -0.05) is 17.7 Å². The summed E-state index contributed by atoms with van der Waals surface area (Å²) in [6, 6.07) is 7.86. The van der Waals surface area contributed by atoms with Gasteiger partial charge in [0.2, 0.25) is 10.0 Å². The van der Waals surface area contributed by atoms with Crippen LogP contribution in [-0.2, 0) is 10.0 Å². The average molecular weight is 390 g/mol. The number of nitrogens with one attached hydrogen (secondary N) is 2. The number of sulfonamides is 1. The van der Waals surface area contributed by atoms with Crippen LogP contribution in [-0.4, -0.2) is 32.3 Å². The van der Waals surface area contributed by atoms with Gasteiger partial charge in [0.1, 0.15) is 0 Å². The van der Waals surface area contributed by atoms with Gasteiger partial charge < -0.3 is 5.32 Å². The van der Waals surface area contributed by atoms with Gasteiger partial charge in [0.15, 0.2) is 0 Å². The smallest absolute Gasteiger partial charge is 0.270 e. The lowest BCUT2D eigenvalue weighted by Crippen LogP contribution is -2.34. The zero-order chi connectivity index (χ0) is 17.7. The van der Waals surface area contributed by atoms with Crippen LogP contribution in [0.5, 0.6) is 0 Å². The van der Waals surface area contributed by atoms with E-state index in [-0.39, 0.29) is 29.6 Å². The molecule has 2 rings (SSSR count). The highest BCUT2D eigenvalue weighted by atomic mass is 35.5. The summed E-state index contributed by atoms with van der Waals surface area (Å²) in [4.78, 5) is 22.0. The van der Waals surface area contributed by atoms with E-state index in [1.54, 1.807) is 12.1 Å². The van der Waals surface area contributed by atoms with E-state index in [0.29, 0.717) is 9.21 Å². The van der Waals surface area contributed by atoms with Gasteiger partial charge in [0.25, 0.3) is 11.6 Å². The summed E-state index contributed by atoms with van der Waals surface area (Å²) in [5, 5.41) is 13.2. The molecule has 11 heteroatoms. The maximum atomic E-state index is 12.1. The number of hydrogen-bond donors (Lipinski definition) is 2. The molecule has 128 valence electrons. The van der Waals surface area contributed by atoms with Crippen molar-refractivity contribution in [2.24, 2.45) is 0 Å². The van der Waals surface area contributed by atoms with Crippen LogP contribution in [0.1, 0.15) is 9.67 Å². The number of nitro benzene ring substituents is 1. The van der Waals surface area contributed by atoms with E-state index in [9.17, 15) is 23.3 Å². The number of non-ortho nitro benzene ring substituents is 1. The zero-order valence-electron chi connectivity index (χ0n) is 12.1. The van der Waals surface area contributed by atoms with Crippen molar-refractivity contribution < 1.29 is 18.1 Å². The van der Waals surface area contributed by atoms with Crippen LogP contribution in [0.2, 0.25) is 4.34 Å². The molecule has 8 nitrogen and oxygen atoms in total. The number of carbonyl (C=O) groups is 1. The summed E-state index contributed by atoms with van der Waals surface area (Å²) in [7, 11) is -3.90. The van der Waals surface area contributed by atoms with Gasteiger partial charge in [0.05, 0.1) is 19.0 Å². The second kappa shape index (κ2) is 7.71. The molecule has 0 bridgehead atoms. The van der Waals surface area contributed by atoms with Crippen molar-refractivity contribution >= 4 is 44.6 Å². The van der Waals surface area contributed by atoms with Crippen molar-refractivity contribution in [1.82, 2.24) is 10.0 Å². The maximum Gasteiger partial charge on any atom is 0.270 e. The van der Waals surface area contributed by atoms with Crippen molar-refractivity contribution in [2.45, 2.75) is 4.90 Å². The molecule has 0 spiro atoms. The zero-order valence-corrected chi connectivity index (χ0v) is 14.5. The Balaban J connectivity index is 1.90. The van der Waals surface area contributed by atoms with Crippen molar-refractivity contribution in [3.63, 3.8) is 0 Å². The quantitative estimate of drug-likeness (QED) is 0.426. The molecule has 2 N–H and O–H groups in total. The van der Waals surface area contributed by atoms with Gasteiger partial charge in [-0.15, -0.1) is 11.3 Å². The second-order valence-electron chi connectivity index (χ2n) is 4.51. The fraction of sp³-hybridized carbons (Fsp3) is 0.154. The third-order valence-electron chi connectivity index (χ3n) is 2.84. The molecule has 0 aliphatic carbocycles. The molecule has 0 aliphatic heterocycles. The van der Waals surface area contributed by atoms with Crippen LogP contribution in [0.15, 0.2) is 41.3 Å². The number of thiophene rings is 1. The van der Waals surface area contributed by atoms with Crippen LogP contribution in [0.25, 0.3) is 0 Å². The number of nitrogens with zero attached hydrogens (tertiary/aromatic N) is 1. The molecule has 1 amide bonds. The Kier molecular flexibility index (Phi) is 5.89. The van der Waals surface area contributed by atoms with Gasteiger partial charge in [-0.3, -0.25) is 14.9 Å². The van der Waals surface area contributed by atoms with E-state index < -0.39 is 14.9 Å². The van der Waals surface area contributed by atoms with Crippen molar-refractivity contribution in [1.29, 1.82) is 0 Å². The predicted octanol–water partition coefficient (Wildman–Crippen LogP) is 2.02. The summed E-state index contributed by atoms with van der Waals surface area (Å²) in [6.07, 6.45) is 0. The summed E-state index contributed by atoms with van der Waals surface area (Å²) in [5.74, 6) is -0.360. The van der Waals surface area contributed by atoms with E-state index in [1.807, 2.05) is 0 Å². The van der Waals surface area contributed by atoms with E-state index in [4.69, 9.17) is 11.6 Å². The Morgan fingerprint density at radius 1 is 1.25 bits per heavy atom. The van der Waals surface area contributed by atoms with Crippen LogP contribution in [0, 0.1) is 10.1 Å². The van der Waals surface area contributed by atoms with Crippen LogP contribution < -0.4 is 10.0 Å². The largest absolute Gasteiger partial charge is 0.350 e. The Morgan fingerprint density at radius 3 is 2.62 bits per heavy atom. The normalized spacial score (nSPS) is 11.2. The number of hydrogen-bond acceptors (Lipinski definition) is 6. The number of carbonyl (C=O) groups excluding carboxylic acids is 1. The molecular weight excluding hydrogens is 378 g/mol. The van der Waals surface area contributed by atoms with E-state index in [1.165, 1.54) is 18.2 Å². The van der Waals surface area contributed by atoms with Gasteiger partial charge in [-0.05, 0) is 18.2 Å². The van der Waals surface area contributed by atoms with E-state index >= 15 is 0 Å². The lowest BCUT2D eigenvalue weighted by molar-refractivity contribution is -0.385. The Bertz CT molecular complexity index is 866. The fourth-order valence-corrected chi connectivity index (χ4v) is 3.76. The highest BCUT2D eigenvalue weighted by Gasteiger charge is 2.17. The molecule has 0 aliphatic rings. The number of amides is 1. The number of nitro groups is 1. The maximum absolute atomic E-state index is 12.1. The highest BCUT2D eigenvalue weighted by Crippen LogP contribution is 2.21. The molecule has 1 aromatic heterocycles. The minimum absolute atomic E-state index is 0.0580. The molecule has 0 atom stereocenters. The average Bonchev–Trinajstić information content (AvgIpc) is 2.98. The monoisotopic (exact) mass is 389 g/mol. The van der Waals surface area contributed by atoms with E-state index in [2.05, 4.69) is 10.0 Å². The molecule has 0 saturated heterocycles. The summed E-state index contributed by atoms with van der Waals surface area (Å²) in [5.41, 5.74) is -0.319. The first-order chi connectivity index (χ1) is 11.3. The SMILES string of the molecule is O=C(NCCNS(=O)(=O)c1cccc([N+](=O)[O-])c1)c1ccc(Cl)s1. The van der Waals surface area contributed by atoms with Gasteiger partial charge >= 0.3 is 0 Å². The molecule has 0 fully saturated rings. The molecular formula is C13H12ClN3O5S2. The summed E-state index contributed by atoms with van der Waals surface area (Å²) < 4.78 is 26.9. The first-order valence-corrected chi connectivity index (χ1v) is 9.25. The third kappa shape index (κ3) is 4.74.